The summed E-state index contributed by atoms with van der Waals surface area (Å²) in [5, 5.41) is 0.720. The molecule has 138 valence electrons. The first-order valence-electron chi connectivity index (χ1n) is 9.26. The first kappa shape index (κ1) is 17.3. The van der Waals surface area contributed by atoms with E-state index < -0.39 is 0 Å². The van der Waals surface area contributed by atoms with Crippen LogP contribution in [-0.2, 0) is 4.79 Å². The van der Waals surface area contributed by atoms with E-state index in [2.05, 4.69) is 15.8 Å². The lowest BCUT2D eigenvalue weighted by Gasteiger charge is -2.21. The number of rotatable bonds is 3. The number of pyridine rings is 1. The highest BCUT2D eigenvalue weighted by Gasteiger charge is 2.22. The van der Waals surface area contributed by atoms with E-state index in [4.69, 9.17) is 4.42 Å². The van der Waals surface area contributed by atoms with Gasteiger partial charge in [-0.2, -0.15) is 0 Å². The third kappa shape index (κ3) is 3.69. The maximum absolute atomic E-state index is 12.8. The van der Waals surface area contributed by atoms with Crippen LogP contribution in [-0.4, -0.2) is 16.8 Å². The fourth-order valence-electron chi connectivity index (χ4n) is 3.57. The smallest absolute Gasteiger partial charge is 0.270 e. The Morgan fingerprint density at radius 3 is 2.59 bits per heavy atom. The van der Waals surface area contributed by atoms with E-state index in [0.717, 1.165) is 31.1 Å². The highest BCUT2D eigenvalue weighted by atomic mass is 16.3. The Labute approximate surface area is 156 Å². The molecule has 1 aliphatic rings. The molecule has 1 aromatic carbocycles. The van der Waals surface area contributed by atoms with Crippen LogP contribution in [0.4, 0.5) is 0 Å². The van der Waals surface area contributed by atoms with Crippen molar-refractivity contribution in [3.05, 3.63) is 54.3 Å². The van der Waals surface area contributed by atoms with E-state index in [1.165, 1.54) is 6.42 Å². The highest BCUT2D eigenvalue weighted by molar-refractivity contribution is 6.07. The predicted molar refractivity (Wildman–Crippen MR) is 102 cm³/mol. The fraction of sp³-hybridized carbons (Fsp3) is 0.286. The number of carbonyl (C=O) groups excluding carboxylic acids is 2. The number of benzene rings is 1. The highest BCUT2D eigenvalue weighted by Crippen LogP contribution is 2.25. The molecule has 2 amide bonds. The van der Waals surface area contributed by atoms with Crippen molar-refractivity contribution in [1.29, 1.82) is 0 Å². The number of aromatic nitrogens is 1. The van der Waals surface area contributed by atoms with Gasteiger partial charge in [-0.05, 0) is 37.1 Å². The topological polar surface area (TPSA) is 84.2 Å². The monoisotopic (exact) mass is 363 g/mol. The Balaban J connectivity index is 1.58. The summed E-state index contributed by atoms with van der Waals surface area (Å²) in [6, 6.07) is 12.7. The van der Waals surface area contributed by atoms with Crippen molar-refractivity contribution >= 4 is 22.7 Å². The minimum Gasteiger partial charge on any atom is -0.463 e. The molecular weight excluding hydrogens is 342 g/mol. The first-order valence-corrected chi connectivity index (χ1v) is 9.26. The SMILES string of the molecule is O=C(NNC(=O)C1CCCCC1)c1cc(-c2ccco2)nc2ccccc12. The average molecular weight is 363 g/mol. The lowest BCUT2D eigenvalue weighted by Crippen LogP contribution is -2.45. The standard InChI is InChI=1S/C21H21N3O3/c25-20(14-7-2-1-3-8-14)23-24-21(26)16-13-18(19-11-6-12-27-19)22-17-10-5-4-9-15(16)17/h4-6,9-14H,1-3,7-8H2,(H,23,25)(H,24,26). The van der Waals surface area contributed by atoms with Crippen molar-refractivity contribution in [3.63, 3.8) is 0 Å². The van der Waals surface area contributed by atoms with Gasteiger partial charge >= 0.3 is 0 Å². The molecule has 27 heavy (non-hydrogen) atoms. The minimum absolute atomic E-state index is 0.0214. The summed E-state index contributed by atoms with van der Waals surface area (Å²) in [4.78, 5) is 29.6. The van der Waals surface area contributed by atoms with Gasteiger partial charge in [0.2, 0.25) is 5.91 Å². The molecule has 1 saturated carbocycles. The summed E-state index contributed by atoms with van der Waals surface area (Å²) in [7, 11) is 0. The second-order valence-corrected chi connectivity index (χ2v) is 6.83. The molecule has 4 rings (SSSR count). The van der Waals surface area contributed by atoms with Crippen molar-refractivity contribution < 1.29 is 14.0 Å². The molecule has 2 N–H and O–H groups in total. The molecular formula is C21H21N3O3. The molecule has 6 heteroatoms. The second-order valence-electron chi connectivity index (χ2n) is 6.83. The van der Waals surface area contributed by atoms with Gasteiger partial charge in [0.15, 0.2) is 5.76 Å². The Morgan fingerprint density at radius 2 is 1.81 bits per heavy atom. The zero-order valence-electron chi connectivity index (χ0n) is 14.9. The molecule has 2 heterocycles. The van der Waals surface area contributed by atoms with Gasteiger partial charge in [-0.3, -0.25) is 20.4 Å². The summed E-state index contributed by atoms with van der Waals surface area (Å²) in [6.07, 6.45) is 6.62. The summed E-state index contributed by atoms with van der Waals surface area (Å²) in [6.45, 7) is 0. The lowest BCUT2D eigenvalue weighted by molar-refractivity contribution is -0.126. The zero-order valence-corrected chi connectivity index (χ0v) is 14.9. The molecule has 0 bridgehead atoms. The molecule has 3 aromatic rings. The fourth-order valence-corrected chi connectivity index (χ4v) is 3.57. The van der Waals surface area contributed by atoms with Crippen LogP contribution in [0.15, 0.2) is 53.1 Å². The number of furan rings is 1. The maximum atomic E-state index is 12.8. The number of carbonyl (C=O) groups is 2. The van der Waals surface area contributed by atoms with E-state index in [9.17, 15) is 9.59 Å². The van der Waals surface area contributed by atoms with Crippen LogP contribution < -0.4 is 10.9 Å². The number of hydrogen-bond donors (Lipinski definition) is 2. The molecule has 1 aliphatic carbocycles. The van der Waals surface area contributed by atoms with Crippen molar-refractivity contribution in [3.8, 4) is 11.5 Å². The summed E-state index contributed by atoms with van der Waals surface area (Å²) >= 11 is 0. The summed E-state index contributed by atoms with van der Waals surface area (Å²) < 4.78 is 5.42. The Hall–Kier alpha value is -3.15. The van der Waals surface area contributed by atoms with E-state index in [1.807, 2.05) is 24.3 Å². The van der Waals surface area contributed by atoms with Crippen LogP contribution in [0.2, 0.25) is 0 Å². The van der Waals surface area contributed by atoms with Crippen molar-refractivity contribution in [1.82, 2.24) is 15.8 Å². The molecule has 0 spiro atoms. The Morgan fingerprint density at radius 1 is 1.00 bits per heavy atom. The maximum Gasteiger partial charge on any atom is 0.270 e. The Kier molecular flexibility index (Phi) is 4.87. The number of hydrogen-bond acceptors (Lipinski definition) is 4. The largest absolute Gasteiger partial charge is 0.463 e. The second kappa shape index (κ2) is 7.61. The number of para-hydroxylation sites is 1. The number of nitrogens with one attached hydrogen (secondary N) is 2. The van der Waals surface area contributed by atoms with Crippen molar-refractivity contribution in [2.24, 2.45) is 5.92 Å². The molecule has 0 unspecified atom stereocenters. The number of amides is 2. The van der Waals surface area contributed by atoms with Crippen LogP contribution in [0.25, 0.3) is 22.4 Å². The minimum atomic E-state index is -0.370. The van der Waals surface area contributed by atoms with Crippen LogP contribution in [0.5, 0.6) is 0 Å². The van der Waals surface area contributed by atoms with Gasteiger partial charge in [-0.25, -0.2) is 4.98 Å². The number of fused-ring (bicyclic) bond motifs is 1. The predicted octanol–water partition coefficient (Wildman–Crippen LogP) is 3.84. The van der Waals surface area contributed by atoms with E-state index in [0.29, 0.717) is 22.5 Å². The normalized spacial score (nSPS) is 14.8. The van der Waals surface area contributed by atoms with E-state index in [-0.39, 0.29) is 17.7 Å². The van der Waals surface area contributed by atoms with Gasteiger partial charge in [0.25, 0.3) is 5.91 Å². The first-order chi connectivity index (χ1) is 13.2. The summed E-state index contributed by atoms with van der Waals surface area (Å²) in [5.41, 5.74) is 6.85. The van der Waals surface area contributed by atoms with Gasteiger partial charge in [-0.1, -0.05) is 37.5 Å². The lowest BCUT2D eigenvalue weighted by atomic mass is 9.89. The molecule has 6 nitrogen and oxygen atoms in total. The van der Waals surface area contributed by atoms with Gasteiger partial charge in [-0.15, -0.1) is 0 Å². The molecule has 0 atom stereocenters. The zero-order chi connectivity index (χ0) is 18.6. The van der Waals surface area contributed by atoms with Gasteiger partial charge < -0.3 is 4.42 Å². The molecule has 0 aliphatic heterocycles. The summed E-state index contributed by atoms with van der Waals surface area (Å²) in [5.74, 6) is 0.0752. The van der Waals surface area contributed by atoms with Crippen LogP contribution in [0.3, 0.4) is 0 Å². The third-order valence-corrected chi connectivity index (χ3v) is 5.01. The molecule has 0 saturated heterocycles. The van der Waals surface area contributed by atoms with Crippen LogP contribution >= 0.6 is 0 Å². The van der Waals surface area contributed by atoms with Crippen molar-refractivity contribution in [2.75, 3.05) is 0 Å². The average Bonchev–Trinajstić information content (AvgIpc) is 3.26. The Bertz CT molecular complexity index is 960. The number of hydrazine groups is 1. The molecule has 1 fully saturated rings. The van der Waals surface area contributed by atoms with Crippen LogP contribution in [0.1, 0.15) is 42.5 Å². The van der Waals surface area contributed by atoms with E-state index in [1.54, 1.807) is 24.5 Å². The third-order valence-electron chi connectivity index (χ3n) is 5.01. The van der Waals surface area contributed by atoms with Crippen LogP contribution in [0, 0.1) is 5.92 Å². The molecule has 2 aromatic heterocycles. The van der Waals surface area contributed by atoms with E-state index >= 15 is 0 Å². The van der Waals surface area contributed by atoms with Gasteiger partial charge in [0.05, 0.1) is 17.3 Å². The van der Waals surface area contributed by atoms with Crippen molar-refractivity contribution in [2.45, 2.75) is 32.1 Å². The quantitative estimate of drug-likeness (QED) is 0.693. The van der Waals surface area contributed by atoms with Gasteiger partial charge in [0, 0.05) is 11.3 Å². The van der Waals surface area contributed by atoms with Gasteiger partial charge in [0.1, 0.15) is 5.69 Å². The molecule has 0 radical (unpaired) electrons. The number of nitrogens with zero attached hydrogens (tertiary/aromatic N) is 1.